The van der Waals surface area contributed by atoms with Crippen LogP contribution in [-0.4, -0.2) is 47.6 Å². The summed E-state index contributed by atoms with van der Waals surface area (Å²) in [5.41, 5.74) is 5.29. The number of nitrogens with one attached hydrogen (secondary N) is 2. The summed E-state index contributed by atoms with van der Waals surface area (Å²) in [7, 11) is 4.06. The van der Waals surface area contributed by atoms with Crippen molar-refractivity contribution >= 4 is 34.8 Å². The van der Waals surface area contributed by atoms with E-state index < -0.39 is 6.04 Å². The highest BCUT2D eigenvalue weighted by Gasteiger charge is 2.28. The summed E-state index contributed by atoms with van der Waals surface area (Å²) in [6.45, 7) is 1.61. The molecule has 0 saturated heterocycles. The number of nitrogens with zero attached hydrogens (tertiary/aromatic N) is 2. The summed E-state index contributed by atoms with van der Waals surface area (Å²) >= 11 is 1.63. The number of para-hydroxylation sites is 1. The summed E-state index contributed by atoms with van der Waals surface area (Å²) in [5.74, 6) is 0.756. The largest absolute Gasteiger partial charge is 0.370 e. The van der Waals surface area contributed by atoms with Gasteiger partial charge in [-0.15, -0.1) is 11.8 Å². The molecule has 6 nitrogen and oxygen atoms in total. The number of carbonyl (C=O) groups is 2. The fourth-order valence-corrected chi connectivity index (χ4v) is 5.91. The van der Waals surface area contributed by atoms with Gasteiger partial charge < -0.3 is 20.1 Å². The maximum Gasteiger partial charge on any atom is 0.241 e. The van der Waals surface area contributed by atoms with Crippen LogP contribution in [0, 0.1) is 0 Å². The van der Waals surface area contributed by atoms with E-state index in [9.17, 15) is 9.59 Å². The first-order valence-electron chi connectivity index (χ1n) is 12.8. The van der Waals surface area contributed by atoms with E-state index in [-0.39, 0.29) is 16.9 Å². The number of aromatic nitrogens is 1. The van der Waals surface area contributed by atoms with Gasteiger partial charge in [-0.1, -0.05) is 48.5 Å². The Hall–Kier alpha value is -3.81. The molecule has 1 aliphatic heterocycles. The smallest absolute Gasteiger partial charge is 0.241 e. The van der Waals surface area contributed by atoms with Gasteiger partial charge in [0.05, 0.1) is 0 Å². The minimum atomic E-state index is -0.496. The molecule has 4 aromatic rings. The van der Waals surface area contributed by atoms with E-state index in [1.165, 1.54) is 0 Å². The van der Waals surface area contributed by atoms with Gasteiger partial charge in [0.25, 0.3) is 0 Å². The molecule has 0 aliphatic carbocycles. The molecule has 7 heteroatoms. The zero-order chi connectivity index (χ0) is 26.5. The second kappa shape index (κ2) is 11.7. The van der Waals surface area contributed by atoms with Crippen LogP contribution in [0.15, 0.2) is 97.2 Å². The Labute approximate surface area is 228 Å². The second-order valence-electron chi connectivity index (χ2n) is 9.69. The first-order valence-corrected chi connectivity index (χ1v) is 13.8. The Morgan fingerprint density at radius 2 is 1.71 bits per heavy atom. The lowest BCUT2D eigenvalue weighted by atomic mass is 10.0. The minimum absolute atomic E-state index is 0.0130. The topological polar surface area (TPSA) is 66.4 Å². The van der Waals surface area contributed by atoms with Crippen molar-refractivity contribution in [2.75, 3.05) is 37.0 Å². The maximum absolute atomic E-state index is 13.7. The van der Waals surface area contributed by atoms with Gasteiger partial charge in [-0.25, -0.2) is 0 Å². The van der Waals surface area contributed by atoms with Crippen LogP contribution >= 0.6 is 11.8 Å². The predicted octanol–water partition coefficient (Wildman–Crippen LogP) is 5.86. The lowest BCUT2D eigenvalue weighted by Gasteiger charge is -2.19. The molecule has 2 heterocycles. The number of carbonyl (C=O) groups excluding carboxylic acids is 2. The molecule has 0 saturated carbocycles. The van der Waals surface area contributed by atoms with Crippen LogP contribution in [0.3, 0.4) is 0 Å². The van der Waals surface area contributed by atoms with Gasteiger partial charge in [-0.2, -0.15) is 0 Å². The van der Waals surface area contributed by atoms with Crippen LogP contribution in [-0.2, 0) is 11.3 Å². The minimum Gasteiger partial charge on any atom is -0.370 e. The molecule has 1 aromatic heterocycles. The molecule has 0 radical (unpaired) electrons. The van der Waals surface area contributed by atoms with Crippen molar-refractivity contribution in [3.63, 3.8) is 0 Å². The van der Waals surface area contributed by atoms with Crippen molar-refractivity contribution < 1.29 is 9.59 Å². The molecule has 3 aromatic carbocycles. The Bertz CT molecular complexity index is 1400. The van der Waals surface area contributed by atoms with E-state index in [2.05, 4.69) is 26.2 Å². The lowest BCUT2D eigenvalue weighted by molar-refractivity contribution is -0.115. The SMILES string of the molecule is CN(C)CCSC(C(=O)Nc1ccc(C(=O)C2Nc3ccccc3Cn3cccc32)cc1)c1ccccc1. The third kappa shape index (κ3) is 5.85. The van der Waals surface area contributed by atoms with Gasteiger partial charge in [0.2, 0.25) is 5.91 Å². The van der Waals surface area contributed by atoms with Crippen molar-refractivity contribution in [1.82, 2.24) is 9.47 Å². The van der Waals surface area contributed by atoms with Crippen molar-refractivity contribution in [2.24, 2.45) is 0 Å². The van der Waals surface area contributed by atoms with Crippen LogP contribution in [0.2, 0.25) is 0 Å². The molecule has 194 valence electrons. The molecule has 0 fully saturated rings. The maximum atomic E-state index is 13.7. The van der Waals surface area contributed by atoms with E-state index in [0.717, 1.165) is 41.4 Å². The van der Waals surface area contributed by atoms with Crippen molar-refractivity contribution in [3.05, 3.63) is 120 Å². The zero-order valence-electron chi connectivity index (χ0n) is 21.6. The number of ketones is 1. The van der Waals surface area contributed by atoms with Crippen LogP contribution < -0.4 is 10.6 Å². The number of Topliss-reactive ketones (excluding diaryl/α,β-unsaturated/α-hetero) is 1. The molecule has 2 atom stereocenters. The Kier molecular flexibility index (Phi) is 7.96. The normalized spacial score (nSPS) is 15.1. The molecular formula is C31H32N4O2S. The van der Waals surface area contributed by atoms with Crippen LogP contribution in [0.5, 0.6) is 0 Å². The highest BCUT2D eigenvalue weighted by Crippen LogP contribution is 2.32. The molecule has 1 amide bonds. The highest BCUT2D eigenvalue weighted by atomic mass is 32.2. The predicted molar refractivity (Wildman–Crippen MR) is 156 cm³/mol. The van der Waals surface area contributed by atoms with E-state index in [1.54, 1.807) is 36.0 Å². The van der Waals surface area contributed by atoms with Crippen molar-refractivity contribution in [1.29, 1.82) is 0 Å². The number of hydrogen-bond donors (Lipinski definition) is 2. The molecule has 38 heavy (non-hydrogen) atoms. The molecule has 2 unspecified atom stereocenters. The average Bonchev–Trinajstić information content (AvgIpc) is 3.32. The first-order chi connectivity index (χ1) is 18.5. The Morgan fingerprint density at radius 3 is 2.47 bits per heavy atom. The zero-order valence-corrected chi connectivity index (χ0v) is 22.4. The number of anilines is 2. The molecule has 0 bridgehead atoms. The molecule has 1 aliphatic rings. The summed E-state index contributed by atoms with van der Waals surface area (Å²) in [5, 5.41) is 6.20. The van der Waals surface area contributed by atoms with Gasteiger partial charge >= 0.3 is 0 Å². The van der Waals surface area contributed by atoms with Gasteiger partial charge in [0.15, 0.2) is 5.78 Å². The molecular weight excluding hydrogens is 492 g/mol. The van der Waals surface area contributed by atoms with E-state index in [0.29, 0.717) is 11.3 Å². The van der Waals surface area contributed by atoms with Gasteiger partial charge in [-0.3, -0.25) is 9.59 Å². The summed E-state index contributed by atoms with van der Waals surface area (Å²) in [6, 6.07) is 28.6. The van der Waals surface area contributed by atoms with Crippen LogP contribution in [0.4, 0.5) is 11.4 Å². The van der Waals surface area contributed by atoms with E-state index >= 15 is 0 Å². The number of amides is 1. The summed E-state index contributed by atoms with van der Waals surface area (Å²) in [6.07, 6.45) is 2.01. The second-order valence-corrected chi connectivity index (χ2v) is 10.9. The fourth-order valence-electron chi connectivity index (χ4n) is 4.64. The van der Waals surface area contributed by atoms with E-state index in [1.807, 2.05) is 81.0 Å². The molecule has 2 N–H and O–H groups in total. The van der Waals surface area contributed by atoms with Crippen molar-refractivity contribution in [2.45, 2.75) is 17.8 Å². The van der Waals surface area contributed by atoms with Gasteiger partial charge in [-0.05, 0) is 67.7 Å². The molecule has 5 rings (SSSR count). The van der Waals surface area contributed by atoms with E-state index in [4.69, 9.17) is 0 Å². The third-order valence-corrected chi connectivity index (χ3v) is 7.92. The number of hydrogen-bond acceptors (Lipinski definition) is 5. The number of thioether (sulfide) groups is 1. The summed E-state index contributed by atoms with van der Waals surface area (Å²) < 4.78 is 2.12. The highest BCUT2D eigenvalue weighted by molar-refractivity contribution is 8.00. The fraction of sp³-hybridized carbons (Fsp3) is 0.226. The Balaban J connectivity index is 1.31. The van der Waals surface area contributed by atoms with Crippen molar-refractivity contribution in [3.8, 4) is 0 Å². The number of benzene rings is 3. The number of fused-ring (bicyclic) bond motifs is 2. The monoisotopic (exact) mass is 524 g/mol. The first kappa shape index (κ1) is 25.8. The average molecular weight is 525 g/mol. The third-order valence-electron chi connectivity index (χ3n) is 6.68. The number of rotatable bonds is 9. The van der Waals surface area contributed by atoms with Gasteiger partial charge in [0, 0.05) is 47.7 Å². The summed E-state index contributed by atoms with van der Waals surface area (Å²) in [4.78, 5) is 29.1. The Morgan fingerprint density at radius 1 is 0.974 bits per heavy atom. The molecule has 0 spiro atoms. The van der Waals surface area contributed by atoms with Gasteiger partial charge in [0.1, 0.15) is 11.3 Å². The standard InChI is InChI=1S/C31H32N4O2S/c1-34(2)19-20-38-30(23-9-4-3-5-10-23)31(37)32-25-16-14-22(15-17-25)29(36)28-27-13-8-18-35(27)21-24-11-6-7-12-26(24)33-28/h3-18,28,30,33H,19-21H2,1-2H3,(H,32,37). The quantitative estimate of drug-likeness (QED) is 0.269. The lowest BCUT2D eigenvalue weighted by Crippen LogP contribution is -2.23. The van der Waals surface area contributed by atoms with Crippen LogP contribution in [0.1, 0.15) is 38.5 Å². The van der Waals surface area contributed by atoms with Crippen LogP contribution in [0.25, 0.3) is 0 Å².